The Morgan fingerprint density at radius 1 is 1.12 bits per heavy atom. The predicted molar refractivity (Wildman–Crippen MR) is 42.5 cm³/mol. The summed E-state index contributed by atoms with van der Waals surface area (Å²) in [5.74, 6) is 0. The Morgan fingerprint density at radius 2 is 1.50 bits per heavy atom. The van der Waals surface area contributed by atoms with Crippen LogP contribution in [0.25, 0.3) is 0 Å². The molecule has 0 unspecified atom stereocenters. The minimum atomic E-state index is 1.04. The van der Waals surface area contributed by atoms with Crippen molar-refractivity contribution in [3.63, 3.8) is 0 Å². The first-order chi connectivity index (χ1) is 3.70. The molecule has 0 bridgehead atoms. The van der Waals surface area contributed by atoms with Gasteiger partial charge in [0.1, 0.15) is 3.14 Å². The number of aryl methyl sites for hydroxylation is 2. The van der Waals surface area contributed by atoms with Gasteiger partial charge in [-0.1, -0.05) is 12.2 Å². The van der Waals surface area contributed by atoms with E-state index in [2.05, 4.69) is 13.8 Å². The highest BCUT2D eigenvalue weighted by Crippen LogP contribution is 2.21. The summed E-state index contributed by atoms with van der Waals surface area (Å²) < 4.78 is 1.04. The van der Waals surface area contributed by atoms with E-state index in [0.717, 1.165) is 3.14 Å². The summed E-state index contributed by atoms with van der Waals surface area (Å²) >= 11 is 8.36. The Morgan fingerprint density at radius 3 is 1.62 bits per heavy atom. The molecule has 8 heavy (non-hydrogen) atoms. The smallest absolute Gasteiger partial charge is 0.118 e. The minimum Gasteiger partial charge on any atom is -0.118 e. The third-order valence-corrected chi connectivity index (χ3v) is 3.66. The summed E-state index contributed by atoms with van der Waals surface area (Å²) in [4.78, 5) is 2.72. The van der Waals surface area contributed by atoms with Crippen molar-refractivity contribution >= 4 is 34.9 Å². The molecule has 1 aromatic rings. The van der Waals surface area contributed by atoms with Crippen molar-refractivity contribution in [2.24, 2.45) is 0 Å². The standard InChI is InChI=1S/C5H6S3/c1-3-4(2)8-5(6)7-3/h1-2H3. The van der Waals surface area contributed by atoms with Gasteiger partial charge in [0.2, 0.25) is 0 Å². The molecule has 0 N–H and O–H groups in total. The molecule has 0 aromatic carbocycles. The fraction of sp³-hybridized carbons (Fsp3) is 0.400. The fourth-order valence-corrected chi connectivity index (χ4v) is 3.12. The number of rotatable bonds is 0. The van der Waals surface area contributed by atoms with Crippen molar-refractivity contribution in [2.75, 3.05) is 0 Å². The van der Waals surface area contributed by atoms with Gasteiger partial charge >= 0.3 is 0 Å². The summed E-state index contributed by atoms with van der Waals surface area (Å²) in [6.45, 7) is 4.21. The van der Waals surface area contributed by atoms with E-state index < -0.39 is 0 Å². The fourth-order valence-electron chi connectivity index (χ4n) is 0.415. The average molecular weight is 162 g/mol. The van der Waals surface area contributed by atoms with Crippen molar-refractivity contribution in [1.29, 1.82) is 0 Å². The van der Waals surface area contributed by atoms with Crippen molar-refractivity contribution in [2.45, 2.75) is 13.8 Å². The first kappa shape index (κ1) is 6.39. The maximum absolute atomic E-state index is 4.96. The van der Waals surface area contributed by atoms with E-state index in [0.29, 0.717) is 0 Å². The van der Waals surface area contributed by atoms with Crippen LogP contribution < -0.4 is 0 Å². The van der Waals surface area contributed by atoms with E-state index in [1.807, 2.05) is 0 Å². The highest BCUT2D eigenvalue weighted by atomic mass is 32.2. The molecule has 0 saturated heterocycles. The van der Waals surface area contributed by atoms with E-state index in [9.17, 15) is 0 Å². The largest absolute Gasteiger partial charge is 0.144 e. The quantitative estimate of drug-likeness (QED) is 0.528. The van der Waals surface area contributed by atoms with Crippen molar-refractivity contribution in [3.8, 4) is 0 Å². The molecular weight excluding hydrogens is 156 g/mol. The molecule has 44 valence electrons. The Hall–Kier alpha value is 0.270. The van der Waals surface area contributed by atoms with Gasteiger partial charge < -0.3 is 0 Å². The van der Waals surface area contributed by atoms with Crippen molar-refractivity contribution in [3.05, 3.63) is 12.9 Å². The maximum Gasteiger partial charge on any atom is 0.144 e. The van der Waals surface area contributed by atoms with E-state index in [4.69, 9.17) is 12.2 Å². The highest BCUT2D eigenvalue weighted by Gasteiger charge is 1.92. The summed E-state index contributed by atoms with van der Waals surface area (Å²) in [6, 6.07) is 0. The molecule has 1 aromatic heterocycles. The summed E-state index contributed by atoms with van der Waals surface area (Å²) in [6.07, 6.45) is 0. The van der Waals surface area contributed by atoms with Crippen molar-refractivity contribution in [1.82, 2.24) is 0 Å². The predicted octanol–water partition coefficient (Wildman–Crippen LogP) is 3.16. The third kappa shape index (κ3) is 1.16. The first-order valence-electron chi connectivity index (χ1n) is 2.27. The van der Waals surface area contributed by atoms with Crippen LogP contribution in [-0.4, -0.2) is 0 Å². The summed E-state index contributed by atoms with van der Waals surface area (Å²) in [7, 11) is 0. The molecule has 0 atom stereocenters. The lowest BCUT2D eigenvalue weighted by Gasteiger charge is -1.77. The molecule has 0 nitrogen and oxygen atoms in total. The molecule has 1 heterocycles. The SMILES string of the molecule is Cc1sc(=S)sc1C. The maximum atomic E-state index is 4.96. The van der Waals surface area contributed by atoms with Gasteiger partial charge in [-0.25, -0.2) is 0 Å². The molecule has 1 rings (SSSR count). The second-order valence-corrected chi connectivity index (χ2v) is 5.20. The molecule has 0 fully saturated rings. The molecule has 0 radical (unpaired) electrons. The molecule has 0 amide bonds. The Kier molecular flexibility index (Phi) is 1.80. The number of hydrogen-bond acceptors (Lipinski definition) is 3. The van der Waals surface area contributed by atoms with Crippen LogP contribution in [0.15, 0.2) is 0 Å². The van der Waals surface area contributed by atoms with Crippen LogP contribution in [0, 0.1) is 17.0 Å². The first-order valence-corrected chi connectivity index (χ1v) is 4.31. The lowest BCUT2D eigenvalue weighted by molar-refractivity contribution is 1.51. The van der Waals surface area contributed by atoms with Crippen LogP contribution in [0.5, 0.6) is 0 Å². The summed E-state index contributed by atoms with van der Waals surface area (Å²) in [5, 5.41) is 0. The lowest BCUT2D eigenvalue weighted by Crippen LogP contribution is -1.58. The average Bonchev–Trinajstić information content (AvgIpc) is 1.85. The number of hydrogen-bond donors (Lipinski definition) is 0. The Bertz CT molecular complexity index is 208. The Labute approximate surface area is 61.8 Å². The molecule has 0 saturated carbocycles. The topological polar surface area (TPSA) is 0 Å². The van der Waals surface area contributed by atoms with Crippen molar-refractivity contribution < 1.29 is 0 Å². The zero-order chi connectivity index (χ0) is 6.15. The summed E-state index contributed by atoms with van der Waals surface area (Å²) in [5.41, 5.74) is 0. The van der Waals surface area contributed by atoms with E-state index in [-0.39, 0.29) is 0 Å². The van der Waals surface area contributed by atoms with Crippen LogP contribution in [0.1, 0.15) is 9.75 Å². The molecule has 0 aliphatic carbocycles. The molecule has 0 aliphatic rings. The molecular formula is C5H6S3. The van der Waals surface area contributed by atoms with Gasteiger partial charge in [0.25, 0.3) is 0 Å². The normalized spacial score (nSPS) is 9.75. The van der Waals surface area contributed by atoms with Gasteiger partial charge in [-0.3, -0.25) is 0 Å². The van der Waals surface area contributed by atoms with E-state index in [1.165, 1.54) is 9.75 Å². The van der Waals surface area contributed by atoms with Gasteiger partial charge in [0.05, 0.1) is 0 Å². The second kappa shape index (κ2) is 2.25. The monoisotopic (exact) mass is 162 g/mol. The van der Waals surface area contributed by atoms with Crippen LogP contribution >= 0.6 is 34.9 Å². The molecule has 0 aliphatic heterocycles. The zero-order valence-corrected chi connectivity index (χ0v) is 7.17. The van der Waals surface area contributed by atoms with E-state index >= 15 is 0 Å². The van der Waals surface area contributed by atoms with Gasteiger partial charge in [-0.2, -0.15) is 0 Å². The van der Waals surface area contributed by atoms with Crippen LogP contribution in [0.2, 0.25) is 0 Å². The van der Waals surface area contributed by atoms with Gasteiger partial charge in [0, 0.05) is 9.75 Å². The Balaban J connectivity index is 3.35. The highest BCUT2D eigenvalue weighted by molar-refractivity contribution is 7.76. The second-order valence-electron chi connectivity index (χ2n) is 1.57. The van der Waals surface area contributed by atoms with Gasteiger partial charge in [-0.05, 0) is 13.8 Å². The van der Waals surface area contributed by atoms with Gasteiger partial charge in [0.15, 0.2) is 0 Å². The molecule has 3 heteroatoms. The van der Waals surface area contributed by atoms with Crippen LogP contribution in [-0.2, 0) is 0 Å². The minimum absolute atomic E-state index is 1.04. The third-order valence-electron chi connectivity index (χ3n) is 0.969. The van der Waals surface area contributed by atoms with Crippen LogP contribution in [0.3, 0.4) is 0 Å². The molecule has 0 spiro atoms. The lowest BCUT2D eigenvalue weighted by atomic mass is 10.5. The zero-order valence-electron chi connectivity index (χ0n) is 4.72. The van der Waals surface area contributed by atoms with E-state index in [1.54, 1.807) is 22.7 Å². The van der Waals surface area contributed by atoms with Crippen LogP contribution in [0.4, 0.5) is 0 Å². The van der Waals surface area contributed by atoms with Gasteiger partial charge in [-0.15, -0.1) is 22.7 Å².